The zero-order valence-corrected chi connectivity index (χ0v) is 17.0. The summed E-state index contributed by atoms with van der Waals surface area (Å²) < 4.78 is 5.66. The number of aryl methyl sites for hydroxylation is 1. The second kappa shape index (κ2) is 9.34. The standard InChI is InChI=1S/C22H22N2O4S/c1-14-7-11-20(29-14)19(25)10-12-21(26)23-24-22(27)15(2)28-18-9-8-16-5-3-4-6-17(16)13-18/h3-9,11,13,15H,10,12H2,1-2H3,(H,23,26)(H,24,27). The molecule has 1 heterocycles. The third-order valence-corrected chi connectivity index (χ3v) is 5.36. The maximum absolute atomic E-state index is 12.2. The summed E-state index contributed by atoms with van der Waals surface area (Å²) in [5.74, 6) is -0.434. The van der Waals surface area contributed by atoms with Gasteiger partial charge in [-0.15, -0.1) is 11.3 Å². The fourth-order valence-electron chi connectivity index (χ4n) is 2.73. The number of nitrogens with one attached hydrogen (secondary N) is 2. The molecule has 2 amide bonds. The fourth-order valence-corrected chi connectivity index (χ4v) is 3.56. The van der Waals surface area contributed by atoms with E-state index in [2.05, 4.69) is 10.9 Å². The van der Waals surface area contributed by atoms with Crippen LogP contribution in [0.3, 0.4) is 0 Å². The van der Waals surface area contributed by atoms with Crippen LogP contribution in [0.15, 0.2) is 54.6 Å². The number of ether oxygens (including phenoxy) is 1. The molecule has 0 saturated heterocycles. The lowest BCUT2D eigenvalue weighted by Crippen LogP contribution is -2.47. The molecule has 1 aromatic heterocycles. The van der Waals surface area contributed by atoms with E-state index < -0.39 is 17.9 Å². The molecular formula is C22H22N2O4S. The molecule has 0 fully saturated rings. The Hall–Kier alpha value is -3.19. The largest absolute Gasteiger partial charge is 0.481 e. The minimum atomic E-state index is -0.799. The van der Waals surface area contributed by atoms with Gasteiger partial charge in [-0.1, -0.05) is 30.3 Å². The van der Waals surface area contributed by atoms with Crippen molar-refractivity contribution in [3.63, 3.8) is 0 Å². The molecule has 0 aliphatic heterocycles. The SMILES string of the molecule is Cc1ccc(C(=O)CCC(=O)NNC(=O)C(C)Oc2ccc3ccccc3c2)s1. The van der Waals surface area contributed by atoms with E-state index >= 15 is 0 Å². The van der Waals surface area contributed by atoms with Crippen LogP contribution in [0.25, 0.3) is 10.8 Å². The van der Waals surface area contributed by atoms with Crippen molar-refractivity contribution >= 4 is 39.7 Å². The molecule has 7 heteroatoms. The van der Waals surface area contributed by atoms with Crippen LogP contribution >= 0.6 is 11.3 Å². The number of hydrogen-bond acceptors (Lipinski definition) is 5. The highest BCUT2D eigenvalue weighted by Crippen LogP contribution is 2.21. The van der Waals surface area contributed by atoms with E-state index in [1.165, 1.54) is 11.3 Å². The molecule has 2 N–H and O–H groups in total. The summed E-state index contributed by atoms with van der Waals surface area (Å²) in [4.78, 5) is 37.8. The fraction of sp³-hybridized carbons (Fsp3) is 0.227. The maximum atomic E-state index is 12.2. The van der Waals surface area contributed by atoms with Crippen LogP contribution in [-0.4, -0.2) is 23.7 Å². The number of carbonyl (C=O) groups is 3. The Labute approximate surface area is 172 Å². The molecule has 3 rings (SSSR count). The highest BCUT2D eigenvalue weighted by molar-refractivity contribution is 7.14. The predicted octanol–water partition coefficient (Wildman–Crippen LogP) is 3.79. The quantitative estimate of drug-likeness (QED) is 0.458. The Morgan fingerprint density at radius 3 is 2.45 bits per heavy atom. The van der Waals surface area contributed by atoms with Crippen LogP contribution in [-0.2, 0) is 9.59 Å². The van der Waals surface area contributed by atoms with Crippen LogP contribution < -0.4 is 15.6 Å². The molecule has 0 bridgehead atoms. The molecule has 1 atom stereocenters. The van der Waals surface area contributed by atoms with Crippen LogP contribution in [0.5, 0.6) is 5.75 Å². The molecule has 0 aliphatic rings. The average molecular weight is 410 g/mol. The molecule has 3 aromatic rings. The minimum absolute atomic E-state index is 0.00399. The van der Waals surface area contributed by atoms with Crippen LogP contribution in [0.1, 0.15) is 34.3 Å². The maximum Gasteiger partial charge on any atom is 0.279 e. The van der Waals surface area contributed by atoms with Crippen molar-refractivity contribution in [3.8, 4) is 5.75 Å². The second-order valence-electron chi connectivity index (χ2n) is 6.64. The summed E-state index contributed by atoms with van der Waals surface area (Å²) in [6.07, 6.45) is -0.715. The zero-order valence-electron chi connectivity index (χ0n) is 16.2. The van der Waals surface area contributed by atoms with Gasteiger partial charge in [0.25, 0.3) is 5.91 Å². The molecule has 29 heavy (non-hydrogen) atoms. The van der Waals surface area contributed by atoms with Gasteiger partial charge in [-0.05, 0) is 48.9 Å². The molecule has 1 unspecified atom stereocenters. The highest BCUT2D eigenvalue weighted by Gasteiger charge is 2.16. The number of ketones is 1. The first-order valence-electron chi connectivity index (χ1n) is 9.26. The number of hydrogen-bond donors (Lipinski definition) is 2. The van der Waals surface area contributed by atoms with Crippen LogP contribution in [0, 0.1) is 6.92 Å². The van der Waals surface area contributed by atoms with E-state index in [1.54, 1.807) is 19.1 Å². The minimum Gasteiger partial charge on any atom is -0.481 e. The van der Waals surface area contributed by atoms with Crippen molar-refractivity contribution in [2.45, 2.75) is 32.8 Å². The summed E-state index contributed by atoms with van der Waals surface area (Å²) in [7, 11) is 0. The Bertz CT molecular complexity index is 1040. The van der Waals surface area contributed by atoms with E-state index in [-0.39, 0.29) is 18.6 Å². The lowest BCUT2D eigenvalue weighted by Gasteiger charge is -2.15. The van der Waals surface area contributed by atoms with Gasteiger partial charge in [0, 0.05) is 17.7 Å². The molecule has 0 spiro atoms. The Morgan fingerprint density at radius 1 is 0.966 bits per heavy atom. The average Bonchev–Trinajstić information content (AvgIpc) is 3.16. The third kappa shape index (κ3) is 5.65. The van der Waals surface area contributed by atoms with E-state index in [0.717, 1.165) is 15.6 Å². The number of hydrazine groups is 1. The first kappa shape index (κ1) is 20.5. The van der Waals surface area contributed by atoms with E-state index in [0.29, 0.717) is 10.6 Å². The van der Waals surface area contributed by atoms with Gasteiger partial charge >= 0.3 is 0 Å². The van der Waals surface area contributed by atoms with E-state index in [9.17, 15) is 14.4 Å². The lowest BCUT2D eigenvalue weighted by molar-refractivity contribution is -0.132. The molecule has 0 saturated carbocycles. The van der Waals surface area contributed by atoms with Crippen LogP contribution in [0.2, 0.25) is 0 Å². The molecule has 150 valence electrons. The number of thiophene rings is 1. The Morgan fingerprint density at radius 2 is 1.72 bits per heavy atom. The van der Waals surface area contributed by atoms with Crippen LogP contribution in [0.4, 0.5) is 0 Å². The number of rotatable bonds is 7. The number of Topliss-reactive ketones (excluding diaryl/α,β-unsaturated/α-hetero) is 1. The van der Waals surface area contributed by atoms with Crippen molar-refractivity contribution < 1.29 is 19.1 Å². The Balaban J connectivity index is 1.44. The van der Waals surface area contributed by atoms with Gasteiger partial charge in [-0.2, -0.15) is 0 Å². The van der Waals surface area contributed by atoms with Gasteiger partial charge in [0.05, 0.1) is 4.88 Å². The first-order valence-corrected chi connectivity index (χ1v) is 10.1. The highest BCUT2D eigenvalue weighted by atomic mass is 32.1. The summed E-state index contributed by atoms with van der Waals surface area (Å²) in [5.41, 5.74) is 4.66. The summed E-state index contributed by atoms with van der Waals surface area (Å²) in [6, 6.07) is 17.0. The molecule has 2 aromatic carbocycles. The first-order chi connectivity index (χ1) is 13.9. The van der Waals surface area contributed by atoms with Gasteiger partial charge in [0.1, 0.15) is 5.75 Å². The lowest BCUT2D eigenvalue weighted by atomic mass is 10.1. The Kier molecular flexibility index (Phi) is 6.61. The van der Waals surface area contributed by atoms with Crippen molar-refractivity contribution in [1.29, 1.82) is 0 Å². The normalized spacial score (nSPS) is 11.7. The van der Waals surface area contributed by atoms with E-state index in [4.69, 9.17) is 4.74 Å². The van der Waals surface area contributed by atoms with E-state index in [1.807, 2.05) is 49.4 Å². The molecule has 6 nitrogen and oxygen atoms in total. The van der Waals surface area contributed by atoms with Crippen molar-refractivity contribution in [2.75, 3.05) is 0 Å². The molecule has 0 radical (unpaired) electrons. The number of carbonyl (C=O) groups excluding carboxylic acids is 3. The molecular weight excluding hydrogens is 388 g/mol. The monoisotopic (exact) mass is 410 g/mol. The topological polar surface area (TPSA) is 84.5 Å². The smallest absolute Gasteiger partial charge is 0.279 e. The van der Waals surface area contributed by atoms with Crippen molar-refractivity contribution in [3.05, 3.63) is 64.4 Å². The van der Waals surface area contributed by atoms with Gasteiger partial charge in [-0.25, -0.2) is 0 Å². The zero-order chi connectivity index (χ0) is 20.8. The summed E-state index contributed by atoms with van der Waals surface area (Å²) in [5, 5.41) is 2.09. The number of benzene rings is 2. The predicted molar refractivity (Wildman–Crippen MR) is 113 cm³/mol. The van der Waals surface area contributed by atoms with Gasteiger partial charge < -0.3 is 4.74 Å². The van der Waals surface area contributed by atoms with Crippen molar-refractivity contribution in [2.24, 2.45) is 0 Å². The van der Waals surface area contributed by atoms with Gasteiger partial charge in [0.15, 0.2) is 11.9 Å². The number of fused-ring (bicyclic) bond motifs is 1. The van der Waals surface area contributed by atoms with Crippen molar-refractivity contribution in [1.82, 2.24) is 10.9 Å². The summed E-state index contributed by atoms with van der Waals surface area (Å²) in [6.45, 7) is 3.52. The van der Waals surface area contributed by atoms with Gasteiger partial charge in [-0.3, -0.25) is 25.2 Å². The number of amides is 2. The van der Waals surface area contributed by atoms with Gasteiger partial charge in [0.2, 0.25) is 5.91 Å². The third-order valence-electron chi connectivity index (χ3n) is 4.32. The second-order valence-corrected chi connectivity index (χ2v) is 7.93. The summed E-state index contributed by atoms with van der Waals surface area (Å²) >= 11 is 1.40. The molecule has 0 aliphatic carbocycles.